The number of aliphatic carboxylic acids is 1. The van der Waals surface area contributed by atoms with Crippen LogP contribution in [-0.2, 0) is 94.2 Å². The molecule has 14 amide bonds. The van der Waals surface area contributed by atoms with Crippen LogP contribution < -0.4 is 53.0 Å². The number of carboxylic acid groups (broad SMARTS) is 1. The SMILES string of the molecule is CCC(CO)OC(COC(=O)NCCC(=O)NCCSC1CC(=O)N(CCCCCC(=O)N[C@H](C(=O)N[C@@H](CCCNC(N)=O)C(=O)Nc2ccc(COC(=O)N(C)CCN(C)C(=O)Oc3ccc(C[C@@H](C[C@H](C)C(=O)O)NC(=O)c4csc([C@@H](C[C@H](C(C)C)N(COC(=O)CC(C)C)C(=O)[C@@H](NC(=O)[C@H]5CCCCN5C)[C@@H](C)CC)OC(C)=O)n4)cc3)cc2)C(C)C)C1=O)OC. The molecule has 3 unspecified atom stereocenters. The minimum absolute atomic E-state index is 0.00228. The van der Waals surface area contributed by atoms with Crippen molar-refractivity contribution in [1.29, 1.82) is 0 Å². The summed E-state index contributed by atoms with van der Waals surface area (Å²) in [5.41, 5.74) is 6.70. The number of piperidine rings is 1. The van der Waals surface area contributed by atoms with Crippen molar-refractivity contribution in [2.75, 3.05) is 105 Å². The lowest BCUT2D eigenvalue weighted by molar-refractivity contribution is -0.181. The van der Waals surface area contributed by atoms with Gasteiger partial charge in [-0.25, -0.2) is 24.2 Å². The first kappa shape index (κ1) is 112. The molecule has 2 aromatic carbocycles. The lowest BCUT2D eigenvalue weighted by atomic mass is 9.92. The predicted molar refractivity (Wildman–Crippen MR) is 490 cm³/mol. The highest BCUT2D eigenvalue weighted by Gasteiger charge is 2.42. The van der Waals surface area contributed by atoms with E-state index in [-0.39, 0.29) is 175 Å². The number of thioether (sulfide) groups is 1. The van der Waals surface area contributed by atoms with Crippen LogP contribution in [0.2, 0.25) is 0 Å². The average molecular weight is 1900 g/mol. The van der Waals surface area contributed by atoms with Crippen LogP contribution in [-0.4, -0.2) is 289 Å². The Morgan fingerprint density at radius 2 is 1.42 bits per heavy atom. The average Bonchev–Trinajstić information content (AvgIpc) is 1.39. The highest BCUT2D eigenvalue weighted by atomic mass is 32.2. The molecule has 3 aromatic rings. The van der Waals surface area contributed by atoms with Crippen molar-refractivity contribution in [3.63, 3.8) is 0 Å². The highest BCUT2D eigenvalue weighted by molar-refractivity contribution is 8.00. The van der Waals surface area contributed by atoms with Gasteiger partial charge >= 0.3 is 42.2 Å². The van der Waals surface area contributed by atoms with Crippen molar-refractivity contribution in [2.45, 2.75) is 252 Å². The van der Waals surface area contributed by atoms with Crippen LogP contribution in [0.4, 0.5) is 24.9 Å². The second kappa shape index (κ2) is 58.3. The number of alkyl carbamates (subject to hydrolysis) is 1. The standard InChI is InChI=1S/C90H139N15O25S2/c1-16-57(9)78(100-81(114)68-25-20-22-39-101(68)12)85(117)105(53-127-75(111)44-54(3)4)69(55(5)6)47-70(128-59(11)107)83-98-67(52-132-83)80(113)96-63(45-58(10)86(118)119)46-60-29-33-65(34-30-60)130-90(123)103(14)42-41-102(13)89(122)126-50-61-27-31-62(32-28-61)95-79(112)66(24-23-36-93-87(91)120)97-82(115)77(56(7)8)99-73(109)26-19-18-21-40-104-74(110)48-71(84(104)116)131-43-38-92-72(108)35-37-94-88(121)125-51-76(124-15)129-64(17-2)49-106/h27-34,52,54-58,63-64,66,68-71,76-78,106H,16-26,35-51,53H2,1-15H3,(H,92,108)(H,94,121)(H,95,112)(H,96,113)(H,97,115)(H,99,109)(H,100,114)(H,118,119)(H3,91,93,120)/t57-,58-,63+,64?,66-,68+,69+,70+,71?,76?,77-,78-/m0/s1. The second-order valence-corrected chi connectivity index (χ2v) is 36.5. The number of methoxy groups -OCH3 is 1. The number of hydrogen-bond donors (Lipinski definition) is 11. The fraction of sp³-hybridized carbons (Fsp3) is 0.656. The van der Waals surface area contributed by atoms with Crippen LogP contribution in [0.15, 0.2) is 53.9 Å². The molecular weight excluding hydrogens is 1760 g/mol. The number of nitrogens with one attached hydrogen (secondary N) is 8. The zero-order valence-corrected chi connectivity index (χ0v) is 80.4. The summed E-state index contributed by atoms with van der Waals surface area (Å²) < 4.78 is 38.6. The highest BCUT2D eigenvalue weighted by Crippen LogP contribution is 2.33. The van der Waals surface area contributed by atoms with Gasteiger partial charge in [-0.15, -0.1) is 23.1 Å². The molecule has 3 heterocycles. The number of aromatic nitrogens is 1. The Kier molecular flexibility index (Phi) is 49.3. The number of carbonyl (C=O) groups excluding carboxylic acids is 15. The van der Waals surface area contributed by atoms with Crippen LogP contribution in [0.1, 0.15) is 212 Å². The predicted octanol–water partition coefficient (Wildman–Crippen LogP) is 7.13. The van der Waals surface area contributed by atoms with Gasteiger partial charge in [0.05, 0.1) is 29.9 Å². The number of amides is 14. The number of benzene rings is 2. The van der Waals surface area contributed by atoms with Gasteiger partial charge in [0.2, 0.25) is 47.3 Å². The summed E-state index contributed by atoms with van der Waals surface area (Å²) in [5.74, 6) is -8.05. The second-order valence-electron chi connectivity index (χ2n) is 34.3. The van der Waals surface area contributed by atoms with Gasteiger partial charge < -0.3 is 106 Å². The Morgan fingerprint density at radius 3 is 2.04 bits per heavy atom. The molecule has 2 saturated heterocycles. The number of nitrogens with two attached hydrogens (primary N) is 1. The van der Waals surface area contributed by atoms with Gasteiger partial charge in [0.25, 0.3) is 5.91 Å². The van der Waals surface area contributed by atoms with E-state index in [4.69, 9.17) is 38.9 Å². The summed E-state index contributed by atoms with van der Waals surface area (Å²) in [6.45, 7) is 19.3. The van der Waals surface area contributed by atoms with E-state index in [0.29, 0.717) is 61.1 Å². The number of primary amides is 1. The number of esters is 2. The van der Waals surface area contributed by atoms with Crippen molar-refractivity contribution in [3.8, 4) is 5.75 Å². The van der Waals surface area contributed by atoms with Gasteiger partial charge in [0.15, 0.2) is 19.1 Å². The number of carbonyl (C=O) groups is 16. The van der Waals surface area contributed by atoms with E-state index in [0.717, 1.165) is 30.7 Å². The van der Waals surface area contributed by atoms with Crippen molar-refractivity contribution in [1.82, 2.24) is 66.7 Å². The summed E-state index contributed by atoms with van der Waals surface area (Å²) in [4.78, 5) is 223. The fourth-order valence-corrected chi connectivity index (χ4v) is 16.1. The third-order valence-electron chi connectivity index (χ3n) is 22.4. The Morgan fingerprint density at radius 1 is 0.727 bits per heavy atom. The summed E-state index contributed by atoms with van der Waals surface area (Å²) in [5, 5.41) is 42.3. The Labute approximate surface area is 780 Å². The molecule has 0 bridgehead atoms. The summed E-state index contributed by atoms with van der Waals surface area (Å²) in [6.07, 6.45) is 0.361. The molecule has 2 fully saturated rings. The number of imide groups is 1. The Balaban J connectivity index is 1.08. The van der Waals surface area contributed by atoms with E-state index < -0.39 is 150 Å². The summed E-state index contributed by atoms with van der Waals surface area (Å²) in [7, 11) is 6.19. The van der Waals surface area contributed by atoms with Crippen molar-refractivity contribution in [3.05, 3.63) is 75.7 Å². The first-order valence-electron chi connectivity index (χ1n) is 45.1. The first-order valence-corrected chi connectivity index (χ1v) is 47.1. The summed E-state index contributed by atoms with van der Waals surface area (Å²) >= 11 is 2.27. The third kappa shape index (κ3) is 39.5. The lowest BCUT2D eigenvalue weighted by Crippen LogP contribution is -2.59. The van der Waals surface area contributed by atoms with E-state index in [1.807, 2.05) is 60.4 Å². The molecule has 0 aliphatic carbocycles. The van der Waals surface area contributed by atoms with Gasteiger partial charge in [0.1, 0.15) is 47.8 Å². The number of urea groups is 1. The first-order chi connectivity index (χ1) is 62.6. The number of likely N-dealkylation sites (tertiary alicyclic amines) is 2. The quantitative estimate of drug-likeness (QED) is 0.00879. The van der Waals surface area contributed by atoms with Gasteiger partial charge in [0, 0.05) is 128 Å². The number of aliphatic hydroxyl groups is 1. The van der Waals surface area contributed by atoms with Crippen molar-refractivity contribution in [2.24, 2.45) is 35.3 Å². The molecule has 40 nitrogen and oxygen atoms in total. The normalized spacial score (nSPS) is 16.2. The van der Waals surface area contributed by atoms with Crippen LogP contribution in [0.3, 0.4) is 0 Å². The zero-order chi connectivity index (χ0) is 97.8. The number of thiazole rings is 1. The zero-order valence-electron chi connectivity index (χ0n) is 78.7. The molecule has 42 heteroatoms. The number of carboxylic acids is 1. The molecule has 0 saturated carbocycles. The smallest absolute Gasteiger partial charge is 0.415 e. The number of likely N-dealkylation sites (N-methyl/N-ethyl adjacent to an activating group) is 3. The van der Waals surface area contributed by atoms with E-state index in [1.54, 1.807) is 50.2 Å². The molecule has 5 rings (SSSR count). The van der Waals surface area contributed by atoms with Crippen LogP contribution in [0.25, 0.3) is 0 Å². The minimum Gasteiger partial charge on any atom is -0.481 e. The number of nitrogens with zero attached hydrogens (tertiary/aromatic N) is 6. The van der Waals surface area contributed by atoms with Gasteiger partial charge in [-0.3, -0.25) is 67.3 Å². The number of aliphatic hydroxyl groups excluding tert-OH is 1. The molecule has 2 aliphatic heterocycles. The molecule has 736 valence electrons. The molecule has 12 N–H and O–H groups in total. The largest absolute Gasteiger partial charge is 0.481 e. The maximum absolute atomic E-state index is 15.1. The van der Waals surface area contributed by atoms with E-state index >= 15 is 4.79 Å². The monoisotopic (exact) mass is 1890 g/mol. The number of rotatable bonds is 58. The van der Waals surface area contributed by atoms with E-state index in [1.165, 1.54) is 83.9 Å². The number of hydrogen-bond acceptors (Lipinski definition) is 28. The van der Waals surface area contributed by atoms with E-state index in [2.05, 4.69) is 47.5 Å². The topological polar surface area (TPSA) is 530 Å². The summed E-state index contributed by atoms with van der Waals surface area (Å²) in [6, 6.07) is 6.71. The Bertz CT molecular complexity index is 4250. The van der Waals surface area contributed by atoms with Crippen molar-refractivity contribution < 1.29 is 120 Å². The van der Waals surface area contributed by atoms with Gasteiger partial charge in [-0.05, 0) is 130 Å². The molecule has 1 aromatic heterocycles. The molecule has 2 aliphatic rings. The van der Waals surface area contributed by atoms with Crippen LogP contribution in [0, 0.1) is 29.6 Å². The van der Waals surface area contributed by atoms with Crippen molar-refractivity contribution >= 4 is 124 Å². The van der Waals surface area contributed by atoms with Crippen LogP contribution >= 0.6 is 23.1 Å². The maximum Gasteiger partial charge on any atom is 0.415 e. The number of ether oxygens (including phenoxy) is 7. The number of unbranched alkanes of at least 4 members (excludes halogenated alkanes) is 2. The lowest BCUT2D eigenvalue weighted by Gasteiger charge is -2.39. The van der Waals surface area contributed by atoms with Gasteiger partial charge in [-0.1, -0.05) is 113 Å². The molecule has 0 spiro atoms. The number of anilines is 1. The van der Waals surface area contributed by atoms with E-state index in [9.17, 15) is 82.1 Å². The van der Waals surface area contributed by atoms with Gasteiger partial charge in [-0.2, -0.15) is 0 Å². The molecular formula is C90H139N15O25S2. The fourth-order valence-electron chi connectivity index (χ4n) is 14.3. The third-order valence-corrected chi connectivity index (χ3v) is 24.5. The molecule has 12 atom stereocenters. The minimum atomic E-state index is -1.15. The maximum atomic E-state index is 15.1. The van der Waals surface area contributed by atoms with Crippen LogP contribution in [0.5, 0.6) is 5.75 Å². The Hall–Kier alpha value is -10.8. The molecule has 132 heavy (non-hydrogen) atoms. The molecule has 0 radical (unpaired) electrons.